The predicted molar refractivity (Wildman–Crippen MR) is 116 cm³/mol. The Labute approximate surface area is 173 Å². The van der Waals surface area contributed by atoms with Gasteiger partial charge in [0.2, 0.25) is 0 Å². The summed E-state index contributed by atoms with van der Waals surface area (Å²) in [6, 6.07) is 19.3. The third-order valence-electron chi connectivity index (χ3n) is 4.56. The summed E-state index contributed by atoms with van der Waals surface area (Å²) in [5.74, 6) is 0.540. The lowest BCUT2D eigenvalue weighted by Crippen LogP contribution is -2.37. The first-order valence-corrected chi connectivity index (χ1v) is 10.3. The highest BCUT2D eigenvalue weighted by Gasteiger charge is 2.21. The highest BCUT2D eigenvalue weighted by molar-refractivity contribution is 7.22. The summed E-state index contributed by atoms with van der Waals surface area (Å²) >= 11 is 1.51. The third kappa shape index (κ3) is 4.46. The minimum absolute atomic E-state index is 0.0446. The van der Waals surface area contributed by atoms with Gasteiger partial charge in [0.15, 0.2) is 11.7 Å². The smallest absolute Gasteiger partial charge is 0.266 e. The van der Waals surface area contributed by atoms with Gasteiger partial charge in [0.25, 0.3) is 5.91 Å². The van der Waals surface area contributed by atoms with E-state index in [2.05, 4.69) is 10.1 Å². The number of para-hydroxylation sites is 2. The molecule has 0 spiro atoms. The SMILES string of the molecule is Cc1cc(C)n(CCN(C(=O)COc2ccccc2)c2nc3ccccc3s2)n1. The Morgan fingerprint density at radius 2 is 1.86 bits per heavy atom. The molecule has 0 radical (unpaired) electrons. The molecule has 0 saturated carbocycles. The number of thiazole rings is 1. The standard InChI is InChI=1S/C22H22N4O2S/c1-16-14-17(2)26(24-16)13-12-25(21(27)15-28-18-8-4-3-5-9-18)22-23-19-10-6-7-11-20(19)29-22/h3-11,14H,12-13,15H2,1-2H3. The molecule has 0 fully saturated rings. The molecule has 7 heteroatoms. The second-order valence-corrected chi connectivity index (χ2v) is 7.77. The van der Waals surface area contributed by atoms with Gasteiger partial charge in [-0.15, -0.1) is 0 Å². The lowest BCUT2D eigenvalue weighted by molar-refractivity contribution is -0.120. The van der Waals surface area contributed by atoms with E-state index in [1.54, 1.807) is 4.90 Å². The summed E-state index contributed by atoms with van der Waals surface area (Å²) in [6.45, 7) is 5.00. The van der Waals surface area contributed by atoms with Crippen LogP contribution < -0.4 is 9.64 Å². The maximum Gasteiger partial charge on any atom is 0.266 e. The maximum absolute atomic E-state index is 13.0. The van der Waals surface area contributed by atoms with Crippen LogP contribution in [-0.2, 0) is 11.3 Å². The molecule has 4 rings (SSSR count). The maximum atomic E-state index is 13.0. The molecule has 0 N–H and O–H groups in total. The molecule has 2 heterocycles. The number of anilines is 1. The number of hydrogen-bond donors (Lipinski definition) is 0. The van der Waals surface area contributed by atoms with Crippen molar-refractivity contribution in [1.82, 2.24) is 14.8 Å². The molecular formula is C22H22N4O2S. The van der Waals surface area contributed by atoms with Crippen LogP contribution in [0.1, 0.15) is 11.4 Å². The monoisotopic (exact) mass is 406 g/mol. The minimum Gasteiger partial charge on any atom is -0.484 e. The molecule has 0 aliphatic rings. The normalized spacial score (nSPS) is 11.0. The van der Waals surface area contributed by atoms with Crippen LogP contribution in [0.4, 0.5) is 5.13 Å². The Hall–Kier alpha value is -3.19. The van der Waals surface area contributed by atoms with Crippen LogP contribution in [0.15, 0.2) is 60.7 Å². The number of ether oxygens (including phenoxy) is 1. The van der Waals surface area contributed by atoms with Crippen molar-refractivity contribution in [2.24, 2.45) is 0 Å². The first kappa shape index (κ1) is 19.1. The summed E-state index contributed by atoms with van der Waals surface area (Å²) < 4.78 is 8.66. The number of nitrogens with zero attached hydrogens (tertiary/aromatic N) is 4. The van der Waals surface area contributed by atoms with Crippen molar-refractivity contribution in [3.05, 3.63) is 72.1 Å². The van der Waals surface area contributed by atoms with Gasteiger partial charge >= 0.3 is 0 Å². The number of benzene rings is 2. The van der Waals surface area contributed by atoms with Crippen LogP contribution in [0.25, 0.3) is 10.2 Å². The van der Waals surface area contributed by atoms with Gasteiger partial charge in [0.05, 0.1) is 22.5 Å². The average Bonchev–Trinajstić information content (AvgIpc) is 3.29. The van der Waals surface area contributed by atoms with E-state index in [-0.39, 0.29) is 12.5 Å². The van der Waals surface area contributed by atoms with Crippen molar-refractivity contribution >= 4 is 32.6 Å². The van der Waals surface area contributed by atoms with Crippen LogP contribution in [0.2, 0.25) is 0 Å². The molecule has 2 aromatic carbocycles. The van der Waals surface area contributed by atoms with E-state index in [4.69, 9.17) is 4.74 Å². The van der Waals surface area contributed by atoms with E-state index in [1.165, 1.54) is 11.3 Å². The molecule has 2 aromatic heterocycles. The number of hydrogen-bond acceptors (Lipinski definition) is 5. The summed E-state index contributed by atoms with van der Waals surface area (Å²) in [5, 5.41) is 5.18. The fraction of sp³-hybridized carbons (Fsp3) is 0.227. The highest BCUT2D eigenvalue weighted by atomic mass is 32.1. The predicted octanol–water partition coefficient (Wildman–Crippen LogP) is 4.22. The molecule has 29 heavy (non-hydrogen) atoms. The number of aromatic nitrogens is 3. The van der Waals surface area contributed by atoms with E-state index in [0.29, 0.717) is 24.0 Å². The zero-order chi connectivity index (χ0) is 20.2. The zero-order valence-electron chi connectivity index (χ0n) is 16.4. The Morgan fingerprint density at radius 3 is 2.59 bits per heavy atom. The van der Waals surface area contributed by atoms with Crippen molar-refractivity contribution in [2.75, 3.05) is 18.1 Å². The molecule has 0 atom stereocenters. The highest BCUT2D eigenvalue weighted by Crippen LogP contribution is 2.28. The largest absolute Gasteiger partial charge is 0.484 e. The molecule has 0 unspecified atom stereocenters. The van der Waals surface area contributed by atoms with Crippen LogP contribution >= 0.6 is 11.3 Å². The Morgan fingerprint density at radius 1 is 1.10 bits per heavy atom. The van der Waals surface area contributed by atoms with Gasteiger partial charge < -0.3 is 4.74 Å². The third-order valence-corrected chi connectivity index (χ3v) is 5.62. The molecular weight excluding hydrogens is 384 g/mol. The number of amides is 1. The molecule has 0 aliphatic carbocycles. The number of carbonyl (C=O) groups is 1. The van der Waals surface area contributed by atoms with E-state index in [9.17, 15) is 4.79 Å². The van der Waals surface area contributed by atoms with Gasteiger partial charge in [-0.2, -0.15) is 5.10 Å². The van der Waals surface area contributed by atoms with Gasteiger partial charge in [-0.3, -0.25) is 14.4 Å². The molecule has 4 aromatic rings. The fourth-order valence-electron chi connectivity index (χ4n) is 3.14. The van der Waals surface area contributed by atoms with Crippen LogP contribution in [-0.4, -0.2) is 33.8 Å². The van der Waals surface area contributed by atoms with Crippen LogP contribution in [0.5, 0.6) is 5.75 Å². The van der Waals surface area contributed by atoms with E-state index in [0.717, 1.165) is 21.6 Å². The van der Waals surface area contributed by atoms with Gasteiger partial charge in [0.1, 0.15) is 5.75 Å². The van der Waals surface area contributed by atoms with Crippen molar-refractivity contribution < 1.29 is 9.53 Å². The summed E-state index contributed by atoms with van der Waals surface area (Å²) in [4.78, 5) is 19.4. The van der Waals surface area contributed by atoms with Crippen LogP contribution in [0.3, 0.4) is 0 Å². The summed E-state index contributed by atoms with van der Waals surface area (Å²) in [7, 11) is 0. The fourth-order valence-corrected chi connectivity index (χ4v) is 4.15. The lowest BCUT2D eigenvalue weighted by Gasteiger charge is -2.20. The quantitative estimate of drug-likeness (QED) is 0.461. The van der Waals surface area contributed by atoms with E-state index < -0.39 is 0 Å². The summed E-state index contributed by atoms with van der Waals surface area (Å²) in [6.07, 6.45) is 0. The molecule has 0 aliphatic heterocycles. The van der Waals surface area contributed by atoms with E-state index >= 15 is 0 Å². The van der Waals surface area contributed by atoms with Gasteiger partial charge in [-0.1, -0.05) is 41.7 Å². The van der Waals surface area contributed by atoms with Crippen molar-refractivity contribution in [2.45, 2.75) is 20.4 Å². The minimum atomic E-state index is -0.130. The average molecular weight is 407 g/mol. The molecule has 6 nitrogen and oxygen atoms in total. The number of rotatable bonds is 7. The van der Waals surface area contributed by atoms with Gasteiger partial charge in [-0.05, 0) is 44.2 Å². The molecule has 0 bridgehead atoms. The topological polar surface area (TPSA) is 60.2 Å². The molecule has 0 saturated heterocycles. The second kappa shape index (κ2) is 8.45. The number of carbonyl (C=O) groups excluding carboxylic acids is 1. The Kier molecular flexibility index (Phi) is 5.57. The molecule has 148 valence electrons. The molecule has 1 amide bonds. The lowest BCUT2D eigenvalue weighted by atomic mass is 10.3. The van der Waals surface area contributed by atoms with Crippen molar-refractivity contribution in [3.8, 4) is 5.75 Å². The van der Waals surface area contributed by atoms with E-state index in [1.807, 2.05) is 79.2 Å². The summed E-state index contributed by atoms with van der Waals surface area (Å²) in [5.41, 5.74) is 2.92. The van der Waals surface area contributed by atoms with Crippen molar-refractivity contribution in [1.29, 1.82) is 0 Å². The Bertz CT molecular complexity index is 1090. The van der Waals surface area contributed by atoms with Crippen LogP contribution in [0, 0.1) is 13.8 Å². The van der Waals surface area contributed by atoms with Crippen molar-refractivity contribution in [3.63, 3.8) is 0 Å². The first-order chi connectivity index (χ1) is 14.1. The van der Waals surface area contributed by atoms with Gasteiger partial charge in [-0.25, -0.2) is 4.98 Å². The second-order valence-electron chi connectivity index (χ2n) is 6.76. The number of aryl methyl sites for hydroxylation is 2. The van der Waals surface area contributed by atoms with Gasteiger partial charge in [0, 0.05) is 12.2 Å². The Balaban J connectivity index is 1.55. The number of fused-ring (bicyclic) bond motifs is 1. The first-order valence-electron chi connectivity index (χ1n) is 9.45. The zero-order valence-corrected chi connectivity index (χ0v) is 17.2.